The largest absolute Gasteiger partial charge is 0.707 e. The lowest BCUT2D eigenvalue weighted by molar-refractivity contribution is -0.137. The third-order valence-electron chi connectivity index (χ3n) is 2.68. The van der Waals surface area contributed by atoms with Crippen LogP contribution >= 0.6 is 0 Å². The van der Waals surface area contributed by atoms with Gasteiger partial charge in [-0.1, -0.05) is 6.07 Å². The summed E-state index contributed by atoms with van der Waals surface area (Å²) in [7, 11) is -1.99. The van der Waals surface area contributed by atoms with E-state index in [1.54, 1.807) is 13.0 Å². The number of hydrogen-bond acceptors (Lipinski definition) is 5. The predicted molar refractivity (Wildman–Crippen MR) is 71.3 cm³/mol. The molecule has 116 valence electrons. The van der Waals surface area contributed by atoms with E-state index in [-0.39, 0.29) is 17.4 Å². The summed E-state index contributed by atoms with van der Waals surface area (Å²) in [5, 5.41) is 17.5. The number of halogens is 3. The van der Waals surface area contributed by atoms with E-state index < -0.39 is 19.1 Å². The molecular formula is C13H11BF3NO4. The smallest absolute Gasteiger partial charge is 0.512 e. The topological polar surface area (TPSA) is 71.8 Å². The van der Waals surface area contributed by atoms with Crippen LogP contribution in [0.3, 0.4) is 0 Å². The van der Waals surface area contributed by atoms with Crippen LogP contribution < -0.4 is 9.39 Å². The molecule has 0 radical (unpaired) electrons. The molecule has 0 atom stereocenters. The summed E-state index contributed by atoms with van der Waals surface area (Å²) < 4.78 is 47.4. The quantitative estimate of drug-likeness (QED) is 0.849. The first-order valence-electron chi connectivity index (χ1n) is 6.10. The Morgan fingerprint density at radius 2 is 1.86 bits per heavy atom. The minimum Gasteiger partial charge on any atom is -0.512 e. The van der Waals surface area contributed by atoms with E-state index in [4.69, 9.17) is 14.8 Å². The summed E-state index contributed by atoms with van der Waals surface area (Å²) in [5.74, 6) is 0.366. The number of rotatable bonds is 4. The van der Waals surface area contributed by atoms with Gasteiger partial charge in [-0.05, 0) is 24.6 Å². The molecular weight excluding hydrogens is 302 g/mol. The van der Waals surface area contributed by atoms with E-state index in [0.29, 0.717) is 11.8 Å². The Kier molecular flexibility index (Phi) is 4.58. The molecule has 2 aromatic rings. The van der Waals surface area contributed by atoms with Gasteiger partial charge in [-0.3, -0.25) is 0 Å². The number of pyridine rings is 1. The highest BCUT2D eigenvalue weighted by molar-refractivity contribution is 6.33. The van der Waals surface area contributed by atoms with E-state index in [9.17, 15) is 13.2 Å². The Morgan fingerprint density at radius 3 is 2.41 bits per heavy atom. The molecule has 0 aliphatic carbocycles. The molecule has 1 aromatic carbocycles. The van der Waals surface area contributed by atoms with Gasteiger partial charge in [-0.25, -0.2) is 4.98 Å². The van der Waals surface area contributed by atoms with Crippen molar-refractivity contribution < 1.29 is 32.6 Å². The van der Waals surface area contributed by atoms with Gasteiger partial charge in [0.1, 0.15) is 11.5 Å². The van der Waals surface area contributed by atoms with Gasteiger partial charge in [-0.15, -0.1) is 0 Å². The Bertz CT molecular complexity index is 647. The molecule has 1 aromatic heterocycles. The van der Waals surface area contributed by atoms with Crippen LogP contribution in [0.15, 0.2) is 36.5 Å². The number of aromatic nitrogens is 1. The highest BCUT2D eigenvalue weighted by atomic mass is 19.4. The van der Waals surface area contributed by atoms with Crippen molar-refractivity contribution in [3.63, 3.8) is 0 Å². The number of nitrogens with zero attached hydrogens (tertiary/aromatic N) is 1. The molecule has 0 fully saturated rings. The fraction of sp³-hybridized carbons (Fsp3) is 0.154. The molecule has 0 spiro atoms. The Labute approximate surface area is 124 Å². The van der Waals surface area contributed by atoms with Gasteiger partial charge in [0.15, 0.2) is 0 Å². The lowest BCUT2D eigenvalue weighted by atomic mass is 10.2. The van der Waals surface area contributed by atoms with Crippen LogP contribution in [0.1, 0.15) is 11.1 Å². The highest BCUT2D eigenvalue weighted by Crippen LogP contribution is 2.31. The van der Waals surface area contributed by atoms with E-state index in [1.807, 2.05) is 0 Å². The normalized spacial score (nSPS) is 11.2. The van der Waals surface area contributed by atoms with Crippen molar-refractivity contribution in [2.24, 2.45) is 0 Å². The van der Waals surface area contributed by atoms with Gasteiger partial charge in [0.05, 0.1) is 5.56 Å². The van der Waals surface area contributed by atoms with Crippen molar-refractivity contribution in [2.75, 3.05) is 0 Å². The zero-order valence-electron chi connectivity index (χ0n) is 11.3. The van der Waals surface area contributed by atoms with Crippen molar-refractivity contribution in [2.45, 2.75) is 13.1 Å². The molecule has 0 saturated carbocycles. The summed E-state index contributed by atoms with van der Waals surface area (Å²) in [5.41, 5.74) is -0.210. The molecule has 1 heterocycles. The van der Waals surface area contributed by atoms with Crippen molar-refractivity contribution >= 4 is 7.32 Å². The molecule has 0 aliphatic heterocycles. The van der Waals surface area contributed by atoms with Gasteiger partial charge in [-0.2, -0.15) is 13.2 Å². The SMILES string of the molecule is Cc1ccc(OB(O)O)cc1Oc1ccc(C(F)(F)F)cn1. The molecule has 22 heavy (non-hydrogen) atoms. The molecule has 5 nitrogen and oxygen atoms in total. The van der Waals surface area contributed by atoms with Gasteiger partial charge in [0, 0.05) is 18.3 Å². The molecule has 2 N–H and O–H groups in total. The predicted octanol–water partition coefficient (Wildman–Crippen LogP) is 2.55. The third kappa shape index (κ3) is 4.12. The number of ether oxygens (including phenoxy) is 1. The van der Waals surface area contributed by atoms with E-state index in [0.717, 1.165) is 12.1 Å². The third-order valence-corrected chi connectivity index (χ3v) is 2.68. The van der Waals surface area contributed by atoms with Crippen LogP contribution in [-0.4, -0.2) is 22.4 Å². The van der Waals surface area contributed by atoms with Gasteiger partial charge >= 0.3 is 13.5 Å². The van der Waals surface area contributed by atoms with Crippen molar-refractivity contribution in [1.29, 1.82) is 0 Å². The molecule has 0 bridgehead atoms. The minimum absolute atomic E-state index is 0.0298. The summed E-state index contributed by atoms with van der Waals surface area (Å²) in [4.78, 5) is 3.59. The second-order valence-corrected chi connectivity index (χ2v) is 4.36. The monoisotopic (exact) mass is 313 g/mol. The van der Waals surface area contributed by atoms with Crippen LogP contribution in [0.4, 0.5) is 13.2 Å². The average Bonchev–Trinajstić information content (AvgIpc) is 2.41. The van der Waals surface area contributed by atoms with Crippen LogP contribution in [-0.2, 0) is 6.18 Å². The summed E-state index contributed by atoms with van der Waals surface area (Å²) >= 11 is 0. The summed E-state index contributed by atoms with van der Waals surface area (Å²) in [6.45, 7) is 1.71. The molecule has 0 unspecified atom stereocenters. The molecule has 0 aliphatic rings. The minimum atomic E-state index is -4.47. The van der Waals surface area contributed by atoms with Crippen LogP contribution in [0.5, 0.6) is 17.4 Å². The van der Waals surface area contributed by atoms with Crippen molar-refractivity contribution in [3.8, 4) is 17.4 Å². The van der Waals surface area contributed by atoms with Gasteiger partial charge < -0.3 is 19.4 Å². The first-order valence-corrected chi connectivity index (χ1v) is 6.10. The number of aryl methyl sites for hydroxylation is 1. The Balaban J connectivity index is 2.19. The van der Waals surface area contributed by atoms with Crippen LogP contribution in [0.25, 0.3) is 0 Å². The number of hydrogen-bond donors (Lipinski definition) is 2. The van der Waals surface area contributed by atoms with Crippen LogP contribution in [0.2, 0.25) is 0 Å². The maximum atomic E-state index is 12.4. The Hall–Kier alpha value is -2.26. The van der Waals surface area contributed by atoms with Crippen molar-refractivity contribution in [3.05, 3.63) is 47.7 Å². The van der Waals surface area contributed by atoms with E-state index >= 15 is 0 Å². The first kappa shape index (κ1) is 16.1. The standard InChI is InChI=1S/C13H11BF3NO4/c1-8-2-4-10(22-14(19)20)6-11(8)21-12-5-3-9(7-18-12)13(15,16)17/h2-7,19-20H,1H3. The fourth-order valence-electron chi connectivity index (χ4n) is 1.61. The molecule has 2 rings (SSSR count). The average molecular weight is 313 g/mol. The number of benzene rings is 1. The van der Waals surface area contributed by atoms with Crippen LogP contribution in [0, 0.1) is 6.92 Å². The molecule has 0 amide bonds. The van der Waals surface area contributed by atoms with Crippen molar-refractivity contribution in [1.82, 2.24) is 4.98 Å². The molecule has 9 heteroatoms. The fourth-order valence-corrected chi connectivity index (χ4v) is 1.61. The summed E-state index contributed by atoms with van der Waals surface area (Å²) in [6, 6.07) is 6.40. The maximum absolute atomic E-state index is 12.4. The van der Waals surface area contributed by atoms with E-state index in [2.05, 4.69) is 9.64 Å². The number of alkyl halides is 3. The Morgan fingerprint density at radius 1 is 1.14 bits per heavy atom. The summed E-state index contributed by atoms with van der Waals surface area (Å²) in [6.07, 6.45) is -3.80. The second kappa shape index (κ2) is 6.24. The zero-order chi connectivity index (χ0) is 16.3. The first-order chi connectivity index (χ1) is 10.3. The molecule has 0 saturated heterocycles. The van der Waals surface area contributed by atoms with Gasteiger partial charge in [0.2, 0.25) is 5.88 Å². The lowest BCUT2D eigenvalue weighted by Crippen LogP contribution is -2.20. The lowest BCUT2D eigenvalue weighted by Gasteiger charge is -2.11. The second-order valence-electron chi connectivity index (χ2n) is 4.36. The van der Waals surface area contributed by atoms with E-state index in [1.165, 1.54) is 12.1 Å². The van der Waals surface area contributed by atoms with Gasteiger partial charge in [0.25, 0.3) is 0 Å². The zero-order valence-corrected chi connectivity index (χ0v) is 11.3. The highest BCUT2D eigenvalue weighted by Gasteiger charge is 2.30. The maximum Gasteiger partial charge on any atom is 0.707 e.